The second kappa shape index (κ2) is 8.35. The van der Waals surface area contributed by atoms with Crippen LogP contribution in [0.1, 0.15) is 16.8 Å². The van der Waals surface area contributed by atoms with E-state index in [2.05, 4.69) is 73.1 Å². The lowest BCUT2D eigenvalue weighted by Crippen LogP contribution is -2.28. The first kappa shape index (κ1) is 19.5. The first-order chi connectivity index (χ1) is 9.60. The van der Waals surface area contributed by atoms with E-state index in [9.17, 15) is 18.0 Å². The number of benzene rings is 1. The average molecular weight is 649 g/mol. The molecule has 0 aliphatic rings. The lowest BCUT2D eigenvalue weighted by Gasteiger charge is -2.08. The van der Waals surface area contributed by atoms with Crippen LogP contribution in [0, 0.1) is 10.7 Å². The Hall–Kier alpha value is 0.460. The number of Topliss-reactive ketones (excluding diaryl/α,β-unsaturated/α-hetero) is 1. The molecule has 1 rings (SSSR count). The van der Waals surface area contributed by atoms with E-state index in [4.69, 9.17) is 4.55 Å². The molecule has 0 saturated heterocycles. The fraction of sp³-hybridized carbons (Fsp3) is 0.273. The molecule has 10 heteroatoms. The standard InChI is InChI=1S/C11H10I3NO5S/c12-6-3-8(10(14)9(13)4-6)11(17)15-2-1-7(16)5-21(18,19)20/h3-4H,1-2,5H2,(H,15,17)(H,18,19,20). The molecule has 21 heavy (non-hydrogen) atoms. The zero-order valence-electron chi connectivity index (χ0n) is 10.4. The molecule has 0 unspecified atom stereocenters. The van der Waals surface area contributed by atoms with Gasteiger partial charge in [-0.25, -0.2) is 0 Å². The highest BCUT2D eigenvalue weighted by atomic mass is 127. The topological polar surface area (TPSA) is 101 Å². The third-order valence-corrected chi connectivity index (χ3v) is 6.63. The van der Waals surface area contributed by atoms with E-state index in [-0.39, 0.29) is 18.9 Å². The third kappa shape index (κ3) is 7.04. The van der Waals surface area contributed by atoms with Gasteiger partial charge in [-0.2, -0.15) is 8.42 Å². The molecule has 1 aromatic carbocycles. The predicted molar refractivity (Wildman–Crippen MR) is 103 cm³/mol. The molecule has 2 N–H and O–H groups in total. The Morgan fingerprint density at radius 3 is 2.38 bits per heavy atom. The van der Waals surface area contributed by atoms with Gasteiger partial charge in [-0.3, -0.25) is 14.1 Å². The van der Waals surface area contributed by atoms with E-state index < -0.39 is 21.7 Å². The minimum atomic E-state index is -4.31. The third-order valence-electron chi connectivity index (χ3n) is 2.27. The first-order valence-corrected chi connectivity index (χ1v) is 10.3. The van der Waals surface area contributed by atoms with Crippen LogP contribution in [0.3, 0.4) is 0 Å². The monoisotopic (exact) mass is 649 g/mol. The van der Waals surface area contributed by atoms with E-state index in [0.717, 1.165) is 10.7 Å². The summed E-state index contributed by atoms with van der Waals surface area (Å²) in [7, 11) is -4.31. The number of hydrogen-bond acceptors (Lipinski definition) is 4. The summed E-state index contributed by atoms with van der Waals surface area (Å²) in [6.45, 7) is 0.0192. The number of ketones is 1. The molecular weight excluding hydrogens is 639 g/mol. The van der Waals surface area contributed by atoms with Gasteiger partial charge in [0.05, 0.1) is 5.56 Å². The van der Waals surface area contributed by atoms with Crippen LogP contribution in [0.2, 0.25) is 0 Å². The van der Waals surface area contributed by atoms with Gasteiger partial charge in [-0.15, -0.1) is 0 Å². The van der Waals surface area contributed by atoms with Crippen molar-refractivity contribution < 1.29 is 22.6 Å². The Morgan fingerprint density at radius 1 is 1.19 bits per heavy atom. The van der Waals surface area contributed by atoms with Crippen LogP contribution in [0.25, 0.3) is 0 Å². The molecule has 0 aromatic heterocycles. The molecule has 6 nitrogen and oxygen atoms in total. The molecule has 0 bridgehead atoms. The maximum absolute atomic E-state index is 12.0. The number of halogens is 3. The normalized spacial score (nSPS) is 11.2. The SMILES string of the molecule is O=C(CCNC(=O)c1cc(I)cc(I)c1I)CS(=O)(=O)O. The highest BCUT2D eigenvalue weighted by molar-refractivity contribution is 14.1. The number of amides is 1. The largest absolute Gasteiger partial charge is 0.352 e. The molecule has 0 aliphatic carbocycles. The minimum absolute atomic E-state index is 0.0192. The lowest BCUT2D eigenvalue weighted by atomic mass is 10.2. The predicted octanol–water partition coefficient (Wildman–Crippen LogP) is 2.08. The van der Waals surface area contributed by atoms with Crippen LogP contribution >= 0.6 is 67.8 Å². The Bertz CT molecular complexity index is 675. The summed E-state index contributed by atoms with van der Waals surface area (Å²) in [6.07, 6.45) is -0.150. The van der Waals surface area contributed by atoms with Crippen molar-refractivity contribution >= 4 is 89.6 Å². The maximum Gasteiger partial charge on any atom is 0.272 e. The van der Waals surface area contributed by atoms with Crippen LogP contribution < -0.4 is 5.32 Å². The van der Waals surface area contributed by atoms with Crippen LogP contribution in [-0.2, 0) is 14.9 Å². The highest BCUT2D eigenvalue weighted by Gasteiger charge is 2.15. The summed E-state index contributed by atoms with van der Waals surface area (Å²) in [5.74, 6) is -1.90. The Balaban J connectivity index is 2.61. The number of carbonyl (C=O) groups is 2. The van der Waals surface area contributed by atoms with Crippen molar-refractivity contribution in [3.8, 4) is 0 Å². The van der Waals surface area contributed by atoms with Crippen LogP contribution in [0.4, 0.5) is 0 Å². The summed E-state index contributed by atoms with van der Waals surface area (Å²) in [6, 6.07) is 3.68. The van der Waals surface area contributed by atoms with Crippen molar-refractivity contribution in [3.05, 3.63) is 28.4 Å². The molecule has 0 spiro atoms. The van der Waals surface area contributed by atoms with E-state index in [0.29, 0.717) is 5.56 Å². The van der Waals surface area contributed by atoms with Gasteiger partial charge >= 0.3 is 0 Å². The number of carbonyl (C=O) groups excluding carboxylic acids is 2. The number of nitrogens with one attached hydrogen (secondary N) is 1. The first-order valence-electron chi connectivity index (χ1n) is 5.50. The van der Waals surface area contributed by atoms with Gasteiger partial charge in [0.25, 0.3) is 16.0 Å². The van der Waals surface area contributed by atoms with Gasteiger partial charge < -0.3 is 5.32 Å². The molecule has 0 saturated carbocycles. The fourth-order valence-electron chi connectivity index (χ4n) is 1.41. The Morgan fingerprint density at radius 2 is 1.81 bits per heavy atom. The molecule has 0 radical (unpaired) electrons. The van der Waals surface area contributed by atoms with Crippen LogP contribution in [0.15, 0.2) is 12.1 Å². The highest BCUT2D eigenvalue weighted by Crippen LogP contribution is 2.22. The van der Waals surface area contributed by atoms with E-state index in [1.807, 2.05) is 6.07 Å². The molecule has 0 heterocycles. The second-order valence-electron chi connectivity index (χ2n) is 4.02. The van der Waals surface area contributed by atoms with Crippen LogP contribution in [-0.4, -0.2) is 37.0 Å². The van der Waals surface area contributed by atoms with Crippen molar-refractivity contribution in [1.82, 2.24) is 5.32 Å². The number of hydrogen-bond donors (Lipinski definition) is 2. The minimum Gasteiger partial charge on any atom is -0.352 e. The summed E-state index contributed by atoms with van der Waals surface area (Å²) < 4.78 is 32.3. The van der Waals surface area contributed by atoms with Gasteiger partial charge in [-0.05, 0) is 79.9 Å². The van der Waals surface area contributed by atoms with Crippen molar-refractivity contribution in [2.45, 2.75) is 6.42 Å². The maximum atomic E-state index is 12.0. The number of rotatable bonds is 6. The van der Waals surface area contributed by atoms with Gasteiger partial charge in [0.15, 0.2) is 5.78 Å². The van der Waals surface area contributed by atoms with Gasteiger partial charge in [0.2, 0.25) is 0 Å². The Labute approximate surface area is 163 Å². The van der Waals surface area contributed by atoms with E-state index in [1.165, 1.54) is 0 Å². The molecular formula is C11H10I3NO5S. The summed E-state index contributed by atoms with van der Waals surface area (Å²) in [5.41, 5.74) is 0.508. The quantitative estimate of drug-likeness (QED) is 0.280. The summed E-state index contributed by atoms with van der Waals surface area (Å²) in [5, 5.41) is 2.56. The Kier molecular flexibility index (Phi) is 7.76. The zero-order chi connectivity index (χ0) is 16.2. The van der Waals surface area contributed by atoms with Gasteiger partial charge in [-0.1, -0.05) is 0 Å². The van der Waals surface area contributed by atoms with Crippen molar-refractivity contribution in [3.63, 3.8) is 0 Å². The average Bonchev–Trinajstić information content (AvgIpc) is 2.31. The molecule has 0 aliphatic heterocycles. The zero-order valence-corrected chi connectivity index (χ0v) is 17.7. The fourth-order valence-corrected chi connectivity index (χ4v) is 4.36. The van der Waals surface area contributed by atoms with E-state index in [1.54, 1.807) is 6.07 Å². The van der Waals surface area contributed by atoms with Crippen LogP contribution in [0.5, 0.6) is 0 Å². The molecule has 0 fully saturated rings. The summed E-state index contributed by atoms with van der Waals surface area (Å²) in [4.78, 5) is 23.3. The van der Waals surface area contributed by atoms with E-state index >= 15 is 0 Å². The van der Waals surface area contributed by atoms with Crippen molar-refractivity contribution in [2.24, 2.45) is 0 Å². The van der Waals surface area contributed by atoms with Gasteiger partial charge in [0.1, 0.15) is 5.75 Å². The second-order valence-corrected chi connectivity index (χ2v) is 8.96. The lowest BCUT2D eigenvalue weighted by molar-refractivity contribution is -0.116. The van der Waals surface area contributed by atoms with Crippen molar-refractivity contribution in [1.29, 1.82) is 0 Å². The molecule has 1 aromatic rings. The molecule has 1 amide bonds. The molecule has 0 atom stereocenters. The summed E-state index contributed by atoms with van der Waals surface area (Å²) >= 11 is 6.31. The molecule has 116 valence electrons. The smallest absolute Gasteiger partial charge is 0.272 e. The van der Waals surface area contributed by atoms with Gasteiger partial charge in [0, 0.05) is 23.7 Å². The van der Waals surface area contributed by atoms with Crippen molar-refractivity contribution in [2.75, 3.05) is 12.3 Å².